The molecule has 0 saturated heterocycles. The first-order valence-corrected chi connectivity index (χ1v) is 8.05. The second kappa shape index (κ2) is 14.1. The Bertz CT molecular complexity index is 133. The Kier molecular flexibility index (Phi) is 14.2. The van der Waals surface area contributed by atoms with Crippen molar-refractivity contribution < 1.29 is 0 Å². The van der Waals surface area contributed by atoms with Gasteiger partial charge in [0.1, 0.15) is 0 Å². The lowest BCUT2D eigenvalue weighted by Gasteiger charge is -2.14. The van der Waals surface area contributed by atoms with Gasteiger partial charge in [-0.2, -0.15) is 0 Å². The smallest absolute Gasteiger partial charge is 0.0656 e. The predicted octanol–water partition coefficient (Wildman–Crippen LogP) is 5.91. The minimum Gasteiger partial charge on any atom is -0.0859 e. The highest BCUT2D eigenvalue weighted by molar-refractivity contribution is 6.08. The van der Waals surface area contributed by atoms with Gasteiger partial charge in [0.05, 0.1) is 7.85 Å². The third-order valence-electron chi connectivity index (χ3n) is 3.77. The molecule has 0 N–H and O–H groups in total. The number of unbranched alkanes of at least 4 members (excludes halogenated alkanes) is 8. The minimum atomic E-state index is 0.804. The molecule has 0 spiro atoms. The number of rotatable bonds is 13. The summed E-state index contributed by atoms with van der Waals surface area (Å²) < 4.78 is 0. The second-order valence-corrected chi connectivity index (χ2v) is 5.51. The van der Waals surface area contributed by atoms with Crippen molar-refractivity contribution in [1.82, 2.24) is 0 Å². The van der Waals surface area contributed by atoms with Crippen molar-refractivity contribution in [2.24, 2.45) is 5.92 Å². The average molecular weight is 236 g/mol. The van der Waals surface area contributed by atoms with E-state index in [0.717, 1.165) is 12.2 Å². The van der Waals surface area contributed by atoms with Crippen molar-refractivity contribution in [3.63, 3.8) is 0 Å². The molecule has 0 bridgehead atoms. The zero-order valence-electron chi connectivity index (χ0n) is 12.3. The van der Waals surface area contributed by atoms with Crippen LogP contribution in [0.5, 0.6) is 0 Å². The van der Waals surface area contributed by atoms with Crippen molar-refractivity contribution in [3.8, 4) is 0 Å². The largest absolute Gasteiger partial charge is 0.0859 e. The average Bonchev–Trinajstić information content (AvgIpc) is 2.36. The summed E-state index contributed by atoms with van der Waals surface area (Å²) in [6, 6.07) is 0. The van der Waals surface area contributed by atoms with Crippen molar-refractivity contribution in [2.75, 3.05) is 0 Å². The molecule has 1 unspecified atom stereocenters. The lowest BCUT2D eigenvalue weighted by molar-refractivity contribution is 0.434. The fourth-order valence-corrected chi connectivity index (χ4v) is 2.45. The monoisotopic (exact) mass is 236 g/mol. The van der Waals surface area contributed by atoms with Gasteiger partial charge in [0.2, 0.25) is 0 Å². The first kappa shape index (κ1) is 17.1. The van der Waals surface area contributed by atoms with Crippen LogP contribution in [0.4, 0.5) is 0 Å². The van der Waals surface area contributed by atoms with Crippen LogP contribution in [0.1, 0.15) is 90.9 Å². The fourth-order valence-electron chi connectivity index (χ4n) is 2.45. The van der Waals surface area contributed by atoms with Gasteiger partial charge in [-0.05, 0) is 5.92 Å². The Morgan fingerprint density at radius 2 is 1.06 bits per heavy atom. The van der Waals surface area contributed by atoms with Crippen LogP contribution in [0.25, 0.3) is 0 Å². The second-order valence-electron chi connectivity index (χ2n) is 5.51. The van der Waals surface area contributed by atoms with Crippen molar-refractivity contribution in [1.29, 1.82) is 0 Å². The van der Waals surface area contributed by atoms with Gasteiger partial charge >= 0.3 is 0 Å². The zero-order chi connectivity index (χ0) is 12.8. The lowest BCUT2D eigenvalue weighted by atomic mass is 9.83. The van der Waals surface area contributed by atoms with E-state index in [9.17, 15) is 0 Å². The van der Waals surface area contributed by atoms with Gasteiger partial charge in [-0.1, -0.05) is 97.2 Å². The van der Waals surface area contributed by atoms with E-state index in [4.69, 9.17) is 7.85 Å². The molecule has 0 nitrogen and oxygen atoms in total. The lowest BCUT2D eigenvalue weighted by Crippen LogP contribution is -2.00. The van der Waals surface area contributed by atoms with Crippen LogP contribution < -0.4 is 0 Å². The molecule has 0 aliphatic heterocycles. The molecule has 100 valence electrons. The summed E-state index contributed by atoms with van der Waals surface area (Å²) >= 11 is 0. The van der Waals surface area contributed by atoms with E-state index in [1.54, 1.807) is 0 Å². The van der Waals surface area contributed by atoms with E-state index in [2.05, 4.69) is 13.8 Å². The first-order chi connectivity index (χ1) is 8.35. The van der Waals surface area contributed by atoms with E-state index in [1.165, 1.54) is 77.0 Å². The fraction of sp³-hybridized carbons (Fsp3) is 1.00. The molecule has 0 amide bonds. The van der Waals surface area contributed by atoms with Crippen LogP contribution in [-0.2, 0) is 0 Å². The summed E-state index contributed by atoms with van der Waals surface area (Å²) in [6.45, 7) is 4.55. The van der Waals surface area contributed by atoms with Crippen molar-refractivity contribution in [3.05, 3.63) is 0 Å². The molecule has 0 aromatic rings. The van der Waals surface area contributed by atoms with Crippen LogP contribution in [0.15, 0.2) is 0 Å². The molecule has 0 saturated carbocycles. The molecular weight excluding hydrogens is 203 g/mol. The third kappa shape index (κ3) is 12.3. The molecule has 0 aromatic heterocycles. The quantitative estimate of drug-likeness (QED) is 0.275. The minimum absolute atomic E-state index is 0.804. The number of hydrogen-bond donors (Lipinski definition) is 0. The standard InChI is InChI=1S/C16H33B/c1-3-5-7-9-10-12-14-16(15-17)13-11-8-6-4-2/h16H,3-15H2,1-2H3. The van der Waals surface area contributed by atoms with Crippen LogP contribution in [0, 0.1) is 5.92 Å². The number of hydrogen-bond acceptors (Lipinski definition) is 0. The summed E-state index contributed by atoms with van der Waals surface area (Å²) in [5.74, 6) is 0.804. The normalized spacial score (nSPS) is 12.8. The Labute approximate surface area is 111 Å². The topological polar surface area (TPSA) is 0 Å². The van der Waals surface area contributed by atoms with Crippen molar-refractivity contribution in [2.45, 2.75) is 97.2 Å². The predicted molar refractivity (Wildman–Crippen MR) is 80.8 cm³/mol. The maximum absolute atomic E-state index is 5.85. The van der Waals surface area contributed by atoms with Crippen LogP contribution in [0.2, 0.25) is 6.32 Å². The van der Waals surface area contributed by atoms with E-state index < -0.39 is 0 Å². The Hall–Kier alpha value is 0.0649. The van der Waals surface area contributed by atoms with Crippen LogP contribution >= 0.6 is 0 Å². The molecule has 2 radical (unpaired) electrons. The van der Waals surface area contributed by atoms with E-state index in [-0.39, 0.29) is 0 Å². The SMILES string of the molecule is [B]CC(CCCCCC)CCCCCCCC. The Morgan fingerprint density at radius 3 is 1.53 bits per heavy atom. The maximum atomic E-state index is 5.85. The van der Waals surface area contributed by atoms with E-state index >= 15 is 0 Å². The molecule has 1 heteroatoms. The zero-order valence-corrected chi connectivity index (χ0v) is 12.3. The highest BCUT2D eigenvalue weighted by atomic mass is 14.1. The third-order valence-corrected chi connectivity index (χ3v) is 3.77. The van der Waals surface area contributed by atoms with Gasteiger partial charge in [-0.25, -0.2) is 0 Å². The molecule has 0 aliphatic carbocycles. The van der Waals surface area contributed by atoms with Gasteiger partial charge in [-0.15, -0.1) is 0 Å². The summed E-state index contributed by atoms with van der Waals surface area (Å²) in [6.07, 6.45) is 17.6. The van der Waals surface area contributed by atoms with Crippen molar-refractivity contribution >= 4 is 7.85 Å². The molecule has 0 heterocycles. The summed E-state index contributed by atoms with van der Waals surface area (Å²) in [4.78, 5) is 0. The van der Waals surface area contributed by atoms with Gasteiger partial charge < -0.3 is 0 Å². The molecule has 17 heavy (non-hydrogen) atoms. The molecule has 0 fully saturated rings. The van der Waals surface area contributed by atoms with E-state index in [1.807, 2.05) is 0 Å². The molecule has 0 rings (SSSR count). The summed E-state index contributed by atoms with van der Waals surface area (Å²) in [5, 5.41) is 0. The Balaban J connectivity index is 3.28. The first-order valence-electron chi connectivity index (χ1n) is 8.05. The highest BCUT2D eigenvalue weighted by Gasteiger charge is 2.05. The van der Waals surface area contributed by atoms with Crippen LogP contribution in [0.3, 0.4) is 0 Å². The summed E-state index contributed by atoms with van der Waals surface area (Å²) in [7, 11) is 5.85. The van der Waals surface area contributed by atoms with Gasteiger partial charge in [-0.3, -0.25) is 0 Å². The molecule has 0 aromatic carbocycles. The Morgan fingerprint density at radius 1 is 0.647 bits per heavy atom. The van der Waals surface area contributed by atoms with Crippen LogP contribution in [-0.4, -0.2) is 7.85 Å². The molecule has 1 atom stereocenters. The molecular formula is C16H33B. The van der Waals surface area contributed by atoms with Gasteiger partial charge in [0, 0.05) is 0 Å². The van der Waals surface area contributed by atoms with E-state index in [0.29, 0.717) is 0 Å². The summed E-state index contributed by atoms with van der Waals surface area (Å²) in [5.41, 5.74) is 0. The van der Waals surface area contributed by atoms with Gasteiger partial charge in [0.25, 0.3) is 0 Å². The highest BCUT2D eigenvalue weighted by Crippen LogP contribution is 2.20. The maximum Gasteiger partial charge on any atom is 0.0656 e. The van der Waals surface area contributed by atoms with Gasteiger partial charge in [0.15, 0.2) is 0 Å². The molecule has 0 aliphatic rings.